The smallest absolute Gasteiger partial charge is 0.243 e. The van der Waals surface area contributed by atoms with Crippen molar-refractivity contribution in [2.75, 3.05) is 40.4 Å². The summed E-state index contributed by atoms with van der Waals surface area (Å²) < 4.78 is 46.1. The largest absolute Gasteiger partial charge is 0.381 e. The summed E-state index contributed by atoms with van der Waals surface area (Å²) in [6.45, 7) is 2.06. The van der Waals surface area contributed by atoms with Crippen molar-refractivity contribution in [3.63, 3.8) is 0 Å². The van der Waals surface area contributed by atoms with Crippen molar-refractivity contribution in [3.05, 3.63) is 29.0 Å². The Morgan fingerprint density at radius 1 is 1.26 bits per heavy atom. The highest BCUT2D eigenvalue weighted by Crippen LogP contribution is 2.26. The fraction of sp³-hybridized carbons (Fsp3) is 0.600. The van der Waals surface area contributed by atoms with Gasteiger partial charge in [0.1, 0.15) is 5.82 Å². The van der Waals surface area contributed by atoms with Crippen LogP contribution in [0.2, 0.25) is 5.02 Å². The molecule has 1 heterocycles. The van der Waals surface area contributed by atoms with Crippen molar-refractivity contribution < 1.29 is 17.5 Å². The highest BCUT2D eigenvalue weighted by molar-refractivity contribution is 7.89. The van der Waals surface area contributed by atoms with Crippen LogP contribution in [0.25, 0.3) is 0 Å². The van der Waals surface area contributed by atoms with Crippen LogP contribution in [0.15, 0.2) is 23.1 Å². The number of rotatable bonds is 6. The Morgan fingerprint density at radius 3 is 2.48 bits per heavy atom. The Hall–Kier alpha value is -0.730. The minimum Gasteiger partial charge on any atom is -0.381 e. The van der Waals surface area contributed by atoms with E-state index in [9.17, 15) is 12.8 Å². The summed E-state index contributed by atoms with van der Waals surface area (Å²) in [4.78, 5) is 1.95. The van der Waals surface area contributed by atoms with Crippen LogP contribution >= 0.6 is 11.6 Å². The molecule has 1 fully saturated rings. The molecule has 0 aromatic heterocycles. The second-order valence-electron chi connectivity index (χ2n) is 5.84. The lowest BCUT2D eigenvalue weighted by Gasteiger charge is -2.34. The summed E-state index contributed by atoms with van der Waals surface area (Å²) >= 11 is 5.75. The molecule has 0 unspecified atom stereocenters. The van der Waals surface area contributed by atoms with E-state index in [-0.39, 0.29) is 16.0 Å². The lowest BCUT2D eigenvalue weighted by molar-refractivity contribution is 0.0573. The maximum atomic E-state index is 13.3. The van der Waals surface area contributed by atoms with E-state index in [1.54, 1.807) is 0 Å². The Morgan fingerprint density at radius 2 is 1.91 bits per heavy atom. The molecule has 8 heteroatoms. The zero-order valence-corrected chi connectivity index (χ0v) is 14.9. The Bertz CT molecular complexity index is 634. The second-order valence-corrected chi connectivity index (χ2v) is 8.14. The van der Waals surface area contributed by atoms with E-state index < -0.39 is 15.8 Å². The average molecular weight is 365 g/mol. The third-order valence-corrected chi connectivity index (χ3v) is 6.10. The molecule has 0 radical (unpaired) electrons. The predicted octanol–water partition coefficient (Wildman–Crippen LogP) is 2.21. The van der Waals surface area contributed by atoms with Gasteiger partial charge in [0.2, 0.25) is 10.0 Å². The number of nitrogens with zero attached hydrogens (tertiary/aromatic N) is 2. The Kier molecular flexibility index (Phi) is 6.39. The van der Waals surface area contributed by atoms with Crippen molar-refractivity contribution in [1.82, 2.24) is 9.21 Å². The monoisotopic (exact) mass is 364 g/mol. The van der Waals surface area contributed by atoms with E-state index in [1.165, 1.54) is 16.4 Å². The molecule has 1 aromatic rings. The molecule has 0 bridgehead atoms. The molecule has 0 N–H and O–H groups in total. The van der Waals surface area contributed by atoms with Gasteiger partial charge in [-0.2, -0.15) is 4.31 Å². The number of sulfonamides is 1. The first-order valence-corrected chi connectivity index (χ1v) is 9.33. The molecule has 1 saturated heterocycles. The maximum absolute atomic E-state index is 13.3. The first kappa shape index (κ1) is 18.6. The van der Waals surface area contributed by atoms with Gasteiger partial charge in [0.15, 0.2) is 0 Å². The van der Waals surface area contributed by atoms with Crippen molar-refractivity contribution in [3.8, 4) is 0 Å². The van der Waals surface area contributed by atoms with E-state index in [0.717, 1.165) is 6.07 Å². The third kappa shape index (κ3) is 4.64. The van der Waals surface area contributed by atoms with Crippen LogP contribution < -0.4 is 0 Å². The molecule has 0 amide bonds. The number of likely N-dealkylation sites (N-methyl/N-ethyl adjacent to an activating group) is 1. The normalized spacial score (nSPS) is 17.1. The van der Waals surface area contributed by atoms with Crippen LogP contribution in [-0.2, 0) is 14.8 Å². The second kappa shape index (κ2) is 7.90. The third-order valence-electron chi connectivity index (χ3n) is 3.86. The summed E-state index contributed by atoms with van der Waals surface area (Å²) in [5, 5.41) is -0.189. The van der Waals surface area contributed by atoms with Gasteiger partial charge in [-0.3, -0.25) is 0 Å². The number of hydrogen-bond donors (Lipinski definition) is 0. The lowest BCUT2D eigenvalue weighted by Crippen LogP contribution is -2.46. The van der Waals surface area contributed by atoms with Crippen LogP contribution in [0.5, 0.6) is 0 Å². The quantitative estimate of drug-likeness (QED) is 0.776. The summed E-state index contributed by atoms with van der Waals surface area (Å²) in [6.07, 6.45) is 1.31. The van der Waals surface area contributed by atoms with E-state index in [4.69, 9.17) is 16.3 Å². The van der Waals surface area contributed by atoms with Gasteiger partial charge in [-0.1, -0.05) is 11.6 Å². The molecular weight excluding hydrogens is 343 g/mol. The summed E-state index contributed by atoms with van der Waals surface area (Å²) in [7, 11) is 0.0492. The zero-order chi connectivity index (χ0) is 17.0. The van der Waals surface area contributed by atoms with Gasteiger partial charge in [-0.15, -0.1) is 0 Å². The van der Waals surface area contributed by atoms with Crippen molar-refractivity contribution in [1.29, 1.82) is 0 Å². The van der Waals surface area contributed by atoms with Crippen molar-refractivity contribution >= 4 is 21.6 Å². The number of benzene rings is 1. The van der Waals surface area contributed by atoms with Crippen molar-refractivity contribution in [2.24, 2.45) is 0 Å². The van der Waals surface area contributed by atoms with Crippen molar-refractivity contribution in [2.45, 2.75) is 23.8 Å². The van der Waals surface area contributed by atoms with E-state index in [1.807, 2.05) is 19.0 Å². The van der Waals surface area contributed by atoms with E-state index in [0.29, 0.717) is 39.1 Å². The highest BCUT2D eigenvalue weighted by Gasteiger charge is 2.32. The summed E-state index contributed by atoms with van der Waals surface area (Å²) in [6, 6.07) is 3.41. The molecule has 0 saturated carbocycles. The number of hydrogen-bond acceptors (Lipinski definition) is 4. The van der Waals surface area contributed by atoms with E-state index >= 15 is 0 Å². The van der Waals surface area contributed by atoms with Gasteiger partial charge < -0.3 is 9.64 Å². The molecule has 130 valence electrons. The fourth-order valence-electron chi connectivity index (χ4n) is 2.54. The Labute approximate surface area is 142 Å². The topological polar surface area (TPSA) is 49.9 Å². The molecular formula is C15H22ClFN2O3S. The Balaban J connectivity index is 2.32. The van der Waals surface area contributed by atoms with Crippen LogP contribution in [0.3, 0.4) is 0 Å². The highest BCUT2D eigenvalue weighted by atomic mass is 35.5. The van der Waals surface area contributed by atoms with Gasteiger partial charge >= 0.3 is 0 Å². The van der Waals surface area contributed by atoms with Crippen LogP contribution in [-0.4, -0.2) is 64.1 Å². The van der Waals surface area contributed by atoms with Crippen LogP contribution in [0.1, 0.15) is 12.8 Å². The summed E-state index contributed by atoms with van der Waals surface area (Å²) in [5.74, 6) is -0.628. The summed E-state index contributed by atoms with van der Waals surface area (Å²) in [5.41, 5.74) is 0. The van der Waals surface area contributed by atoms with Gasteiger partial charge in [0.05, 0.1) is 9.92 Å². The molecule has 0 atom stereocenters. The number of halogens is 2. The van der Waals surface area contributed by atoms with Gasteiger partial charge in [-0.25, -0.2) is 12.8 Å². The predicted molar refractivity (Wildman–Crippen MR) is 87.7 cm³/mol. The fourth-order valence-corrected chi connectivity index (χ4v) is 4.49. The molecule has 2 rings (SSSR count). The zero-order valence-electron chi connectivity index (χ0n) is 13.3. The molecule has 23 heavy (non-hydrogen) atoms. The minimum atomic E-state index is -3.74. The molecule has 1 aromatic carbocycles. The van der Waals surface area contributed by atoms with Gasteiger partial charge in [-0.05, 0) is 45.1 Å². The standard InChI is InChI=1S/C15H22ClFN2O3S/c1-18(2)7-8-19(12-5-9-22-10-6-12)23(20,21)13-3-4-15(17)14(16)11-13/h3-4,11-12H,5-10H2,1-2H3. The van der Waals surface area contributed by atoms with Gasteiger partial charge in [0.25, 0.3) is 0 Å². The van der Waals surface area contributed by atoms with E-state index in [2.05, 4.69) is 0 Å². The molecule has 0 aliphatic carbocycles. The SMILES string of the molecule is CN(C)CCN(C1CCOCC1)S(=O)(=O)c1ccc(F)c(Cl)c1. The maximum Gasteiger partial charge on any atom is 0.243 e. The van der Waals surface area contributed by atoms with Crippen LogP contribution in [0.4, 0.5) is 4.39 Å². The molecule has 1 aliphatic heterocycles. The lowest BCUT2D eigenvalue weighted by atomic mass is 10.1. The molecule has 1 aliphatic rings. The van der Waals surface area contributed by atoms with Gasteiger partial charge in [0, 0.05) is 32.3 Å². The average Bonchev–Trinajstić information content (AvgIpc) is 2.50. The molecule has 0 spiro atoms. The minimum absolute atomic E-state index is 0.0224. The first-order chi connectivity index (χ1) is 10.8. The number of ether oxygens (including phenoxy) is 1. The molecule has 5 nitrogen and oxygen atoms in total. The first-order valence-electron chi connectivity index (χ1n) is 7.51. The van der Waals surface area contributed by atoms with Crippen LogP contribution in [0, 0.1) is 5.82 Å².